The molecule has 1 N–H and O–H groups in total. The lowest BCUT2D eigenvalue weighted by Gasteiger charge is -2.08. The number of para-hydroxylation sites is 3. The number of nitrogens with one attached hydrogen (secondary N) is 1. The summed E-state index contributed by atoms with van der Waals surface area (Å²) in [5.41, 5.74) is 2.52. The van der Waals surface area contributed by atoms with Crippen molar-refractivity contribution < 1.29 is 18.7 Å². The Bertz CT molecular complexity index is 1200. The fraction of sp³-hybridized carbons (Fsp3) is 0.150. The summed E-state index contributed by atoms with van der Waals surface area (Å²) in [5.74, 6) is -0.369. The van der Waals surface area contributed by atoms with Gasteiger partial charge in [0.25, 0.3) is 5.22 Å². The molecule has 0 bridgehead atoms. The third-order valence-electron chi connectivity index (χ3n) is 4.21. The van der Waals surface area contributed by atoms with Gasteiger partial charge in [-0.05, 0) is 24.3 Å². The number of nitrogens with zero attached hydrogens (tertiary/aromatic N) is 4. The number of hydrogen-bond acceptors (Lipinski definition) is 8. The third kappa shape index (κ3) is 4.33. The first-order valence-corrected chi connectivity index (χ1v) is 9.95. The van der Waals surface area contributed by atoms with Gasteiger partial charge in [-0.25, -0.2) is 9.78 Å². The van der Waals surface area contributed by atoms with Crippen LogP contribution in [0.25, 0.3) is 11.0 Å². The van der Waals surface area contributed by atoms with Gasteiger partial charge in [0.1, 0.15) is 6.54 Å². The largest absolute Gasteiger partial charge is 0.465 e. The average Bonchev–Trinajstić information content (AvgIpc) is 3.39. The van der Waals surface area contributed by atoms with Crippen LogP contribution in [0.4, 0.5) is 5.69 Å². The molecule has 4 aromatic rings. The molecule has 30 heavy (non-hydrogen) atoms. The number of hydrogen-bond donors (Lipinski definition) is 1. The van der Waals surface area contributed by atoms with E-state index in [9.17, 15) is 9.59 Å². The van der Waals surface area contributed by atoms with Crippen molar-refractivity contribution in [2.24, 2.45) is 0 Å². The van der Waals surface area contributed by atoms with Gasteiger partial charge < -0.3 is 19.0 Å². The zero-order chi connectivity index (χ0) is 20.9. The number of methoxy groups -OCH3 is 1. The lowest BCUT2D eigenvalue weighted by molar-refractivity contribution is -0.113. The molecule has 0 radical (unpaired) electrons. The third-order valence-corrected chi connectivity index (χ3v) is 5.03. The molecule has 10 heteroatoms. The van der Waals surface area contributed by atoms with Gasteiger partial charge in [-0.2, -0.15) is 0 Å². The van der Waals surface area contributed by atoms with Crippen LogP contribution < -0.4 is 5.32 Å². The van der Waals surface area contributed by atoms with Crippen molar-refractivity contribution >= 4 is 40.4 Å². The van der Waals surface area contributed by atoms with Crippen LogP contribution in [0, 0.1) is 0 Å². The van der Waals surface area contributed by atoms with E-state index < -0.39 is 5.97 Å². The van der Waals surface area contributed by atoms with E-state index in [1.807, 2.05) is 28.8 Å². The molecule has 2 aromatic heterocycles. The van der Waals surface area contributed by atoms with E-state index in [1.54, 1.807) is 30.6 Å². The maximum absolute atomic E-state index is 12.3. The molecule has 1 amide bonds. The fourth-order valence-electron chi connectivity index (χ4n) is 2.84. The molecule has 0 unspecified atom stereocenters. The van der Waals surface area contributed by atoms with Gasteiger partial charge in [-0.15, -0.1) is 10.2 Å². The van der Waals surface area contributed by atoms with Crippen molar-refractivity contribution in [3.05, 3.63) is 66.3 Å². The van der Waals surface area contributed by atoms with Gasteiger partial charge in [0.15, 0.2) is 0 Å². The normalized spacial score (nSPS) is 10.8. The number of esters is 1. The van der Waals surface area contributed by atoms with Crippen molar-refractivity contribution in [2.75, 3.05) is 18.2 Å². The number of ether oxygens (including phenoxy) is 1. The predicted octanol–water partition coefficient (Wildman–Crippen LogP) is 2.99. The predicted molar refractivity (Wildman–Crippen MR) is 110 cm³/mol. The van der Waals surface area contributed by atoms with Crippen molar-refractivity contribution in [2.45, 2.75) is 11.8 Å². The second-order valence-corrected chi connectivity index (χ2v) is 7.12. The number of thioether (sulfide) groups is 1. The zero-order valence-electron chi connectivity index (χ0n) is 15.9. The summed E-state index contributed by atoms with van der Waals surface area (Å²) >= 11 is 1.11. The first kappa shape index (κ1) is 19.6. The zero-order valence-corrected chi connectivity index (χ0v) is 16.8. The molecule has 2 aromatic carbocycles. The average molecular weight is 423 g/mol. The summed E-state index contributed by atoms with van der Waals surface area (Å²) in [5, 5.41) is 11.0. The molecule has 9 nitrogen and oxygen atoms in total. The smallest absolute Gasteiger partial charge is 0.339 e. The number of carbonyl (C=O) groups is 2. The van der Waals surface area contributed by atoms with E-state index in [-0.39, 0.29) is 22.4 Å². The van der Waals surface area contributed by atoms with Crippen molar-refractivity contribution in [3.8, 4) is 0 Å². The Morgan fingerprint density at radius 1 is 1.13 bits per heavy atom. The standard InChI is InChI=1S/C20H17N5O4S/c1-28-19(27)13-6-2-3-7-14(13)22-17(26)11-30-20-24-23-18(29-20)10-25-12-21-15-8-4-5-9-16(15)25/h2-9,12H,10-11H2,1H3,(H,22,26). The lowest BCUT2D eigenvalue weighted by atomic mass is 10.2. The van der Waals surface area contributed by atoms with Gasteiger partial charge in [0.2, 0.25) is 11.8 Å². The summed E-state index contributed by atoms with van der Waals surface area (Å²) in [6, 6.07) is 14.4. The first-order valence-electron chi connectivity index (χ1n) is 8.96. The van der Waals surface area contributed by atoms with E-state index in [0.717, 1.165) is 22.8 Å². The highest BCUT2D eigenvalue weighted by Crippen LogP contribution is 2.20. The van der Waals surface area contributed by atoms with Crippen LogP contribution >= 0.6 is 11.8 Å². The molecule has 152 valence electrons. The van der Waals surface area contributed by atoms with E-state index >= 15 is 0 Å². The van der Waals surface area contributed by atoms with Gasteiger partial charge in [-0.1, -0.05) is 36.0 Å². The summed E-state index contributed by atoms with van der Waals surface area (Å²) in [6.45, 7) is 0.382. The molecular formula is C20H17N5O4S. The maximum Gasteiger partial charge on any atom is 0.339 e. The monoisotopic (exact) mass is 423 g/mol. The Kier molecular flexibility index (Phi) is 5.75. The number of fused-ring (bicyclic) bond motifs is 1. The molecular weight excluding hydrogens is 406 g/mol. The molecule has 0 spiro atoms. The minimum atomic E-state index is -0.521. The van der Waals surface area contributed by atoms with E-state index in [0.29, 0.717) is 18.1 Å². The van der Waals surface area contributed by atoms with Crippen molar-refractivity contribution in [1.82, 2.24) is 19.7 Å². The molecule has 0 saturated heterocycles. The maximum atomic E-state index is 12.3. The van der Waals surface area contributed by atoms with Gasteiger partial charge in [0.05, 0.1) is 41.5 Å². The lowest BCUT2D eigenvalue weighted by Crippen LogP contribution is -2.17. The number of carbonyl (C=O) groups excluding carboxylic acids is 2. The minimum absolute atomic E-state index is 0.0468. The van der Waals surface area contributed by atoms with Crippen LogP contribution in [0.2, 0.25) is 0 Å². The number of rotatable bonds is 7. The summed E-state index contributed by atoms with van der Waals surface area (Å²) in [7, 11) is 1.29. The summed E-state index contributed by atoms with van der Waals surface area (Å²) in [4.78, 5) is 28.4. The van der Waals surface area contributed by atoms with Gasteiger partial charge in [0, 0.05) is 0 Å². The fourth-order valence-corrected chi connectivity index (χ4v) is 3.42. The topological polar surface area (TPSA) is 112 Å². The second-order valence-electron chi connectivity index (χ2n) is 6.20. The Balaban J connectivity index is 1.36. The van der Waals surface area contributed by atoms with E-state index in [2.05, 4.69) is 20.5 Å². The van der Waals surface area contributed by atoms with Gasteiger partial charge in [-0.3, -0.25) is 4.79 Å². The SMILES string of the molecule is COC(=O)c1ccccc1NC(=O)CSc1nnc(Cn2cnc3ccccc32)o1. The van der Waals surface area contributed by atoms with Gasteiger partial charge >= 0.3 is 5.97 Å². The number of benzene rings is 2. The number of aromatic nitrogens is 4. The van der Waals surface area contributed by atoms with Crippen molar-refractivity contribution in [1.29, 1.82) is 0 Å². The summed E-state index contributed by atoms with van der Waals surface area (Å²) < 4.78 is 12.3. The summed E-state index contributed by atoms with van der Waals surface area (Å²) in [6.07, 6.45) is 1.72. The van der Waals surface area contributed by atoms with E-state index in [1.165, 1.54) is 7.11 Å². The highest BCUT2D eigenvalue weighted by molar-refractivity contribution is 7.99. The second kappa shape index (κ2) is 8.78. The van der Waals surface area contributed by atoms with Crippen molar-refractivity contribution in [3.63, 3.8) is 0 Å². The van der Waals surface area contributed by atoms with Crippen LogP contribution in [-0.4, -0.2) is 44.5 Å². The quantitative estimate of drug-likeness (QED) is 0.357. The highest BCUT2D eigenvalue weighted by Gasteiger charge is 2.15. The van der Waals surface area contributed by atoms with Crippen LogP contribution in [0.5, 0.6) is 0 Å². The Labute approximate surface area is 175 Å². The van der Waals surface area contributed by atoms with Crippen LogP contribution in [-0.2, 0) is 16.1 Å². The first-order chi connectivity index (χ1) is 14.6. The highest BCUT2D eigenvalue weighted by atomic mass is 32.2. The molecule has 0 fully saturated rings. The Hall–Kier alpha value is -3.66. The van der Waals surface area contributed by atoms with Crippen LogP contribution in [0.3, 0.4) is 0 Å². The number of amides is 1. The van der Waals surface area contributed by atoms with Crippen LogP contribution in [0.15, 0.2) is 64.5 Å². The Morgan fingerprint density at radius 2 is 1.93 bits per heavy atom. The molecule has 2 heterocycles. The molecule has 0 saturated carbocycles. The molecule has 0 aliphatic carbocycles. The minimum Gasteiger partial charge on any atom is -0.465 e. The molecule has 0 aliphatic heterocycles. The van der Waals surface area contributed by atoms with E-state index in [4.69, 9.17) is 9.15 Å². The Morgan fingerprint density at radius 3 is 2.80 bits per heavy atom. The number of anilines is 1. The molecule has 4 rings (SSSR count). The molecule has 0 aliphatic rings. The number of imidazole rings is 1. The van der Waals surface area contributed by atoms with Crippen LogP contribution in [0.1, 0.15) is 16.2 Å². The molecule has 0 atom stereocenters.